The zero-order valence-electron chi connectivity index (χ0n) is 13.7. The van der Waals surface area contributed by atoms with Gasteiger partial charge in [-0.3, -0.25) is 9.59 Å². The highest BCUT2D eigenvalue weighted by molar-refractivity contribution is 9.10. The van der Waals surface area contributed by atoms with Gasteiger partial charge in [0.1, 0.15) is 0 Å². The van der Waals surface area contributed by atoms with Crippen molar-refractivity contribution in [2.45, 2.75) is 0 Å². The molecule has 0 fully saturated rings. The molecule has 0 aliphatic rings. The number of para-hydroxylation sites is 2. The van der Waals surface area contributed by atoms with Crippen LogP contribution >= 0.6 is 15.9 Å². The molecule has 0 spiro atoms. The fourth-order valence-electron chi connectivity index (χ4n) is 2.25. The molecule has 0 saturated heterocycles. The van der Waals surface area contributed by atoms with Crippen LogP contribution in [0.15, 0.2) is 83.3 Å². The van der Waals surface area contributed by atoms with Crippen molar-refractivity contribution in [1.82, 2.24) is 0 Å². The van der Waals surface area contributed by atoms with Gasteiger partial charge in [-0.25, -0.2) is 0 Å². The number of anilines is 4. The Hall–Kier alpha value is -3.12. The summed E-state index contributed by atoms with van der Waals surface area (Å²) < 4.78 is 0.706. The van der Waals surface area contributed by atoms with Crippen molar-refractivity contribution in [3.63, 3.8) is 0 Å². The van der Waals surface area contributed by atoms with Gasteiger partial charge in [-0.1, -0.05) is 30.3 Å². The first-order valence-corrected chi connectivity index (χ1v) is 8.70. The van der Waals surface area contributed by atoms with Crippen LogP contribution in [0.3, 0.4) is 0 Å². The smallest absolute Gasteiger partial charge is 0.314 e. The van der Waals surface area contributed by atoms with E-state index in [4.69, 9.17) is 0 Å². The molecule has 3 aromatic carbocycles. The first kappa shape index (κ1) is 17.7. The number of benzene rings is 3. The van der Waals surface area contributed by atoms with Crippen LogP contribution in [0.25, 0.3) is 0 Å². The topological polar surface area (TPSA) is 70.2 Å². The molecule has 5 nitrogen and oxygen atoms in total. The van der Waals surface area contributed by atoms with Crippen LogP contribution in [0.5, 0.6) is 0 Å². The van der Waals surface area contributed by atoms with E-state index in [1.165, 1.54) is 0 Å². The van der Waals surface area contributed by atoms with Crippen molar-refractivity contribution >= 4 is 50.5 Å². The predicted molar refractivity (Wildman–Crippen MR) is 108 cm³/mol. The van der Waals surface area contributed by atoms with Crippen molar-refractivity contribution in [3.8, 4) is 0 Å². The van der Waals surface area contributed by atoms with Gasteiger partial charge in [0.05, 0.1) is 5.69 Å². The number of nitrogens with one attached hydrogen (secondary N) is 3. The summed E-state index contributed by atoms with van der Waals surface area (Å²) in [5.74, 6) is -1.46. The Balaban J connectivity index is 1.59. The van der Waals surface area contributed by atoms with E-state index in [0.29, 0.717) is 15.8 Å². The van der Waals surface area contributed by atoms with Gasteiger partial charge in [0.2, 0.25) is 0 Å². The third-order valence-corrected chi connectivity index (χ3v) is 4.23. The van der Waals surface area contributed by atoms with E-state index >= 15 is 0 Å². The summed E-state index contributed by atoms with van der Waals surface area (Å²) in [4.78, 5) is 24.1. The molecular formula is C20H16BrN3O2. The van der Waals surface area contributed by atoms with E-state index in [1.807, 2.05) is 48.5 Å². The standard InChI is InChI=1S/C20H16BrN3O2/c21-17-8-4-5-9-18(17)24-20(26)19(25)23-16-12-10-15(11-13-16)22-14-6-2-1-3-7-14/h1-13,22H,(H,23,25)(H,24,26). The number of halogens is 1. The number of amides is 2. The van der Waals surface area contributed by atoms with Gasteiger partial charge in [0.25, 0.3) is 0 Å². The van der Waals surface area contributed by atoms with Gasteiger partial charge in [-0.2, -0.15) is 0 Å². The molecule has 26 heavy (non-hydrogen) atoms. The highest BCUT2D eigenvalue weighted by atomic mass is 79.9. The molecule has 0 heterocycles. The lowest BCUT2D eigenvalue weighted by atomic mass is 10.2. The molecular weight excluding hydrogens is 394 g/mol. The van der Waals surface area contributed by atoms with Crippen molar-refractivity contribution in [3.05, 3.63) is 83.3 Å². The first-order valence-electron chi connectivity index (χ1n) is 7.91. The lowest BCUT2D eigenvalue weighted by Crippen LogP contribution is -2.29. The van der Waals surface area contributed by atoms with E-state index in [0.717, 1.165) is 11.4 Å². The van der Waals surface area contributed by atoms with Gasteiger partial charge in [-0.05, 0) is 64.5 Å². The van der Waals surface area contributed by atoms with E-state index in [2.05, 4.69) is 31.9 Å². The molecule has 0 atom stereocenters. The quantitative estimate of drug-likeness (QED) is 0.543. The van der Waals surface area contributed by atoms with Crippen molar-refractivity contribution in [1.29, 1.82) is 0 Å². The van der Waals surface area contributed by atoms with Crippen LogP contribution in [0.2, 0.25) is 0 Å². The Morgan fingerprint density at radius 1 is 0.615 bits per heavy atom. The summed E-state index contributed by atoms with van der Waals surface area (Å²) in [5.41, 5.74) is 2.93. The van der Waals surface area contributed by atoms with Gasteiger partial charge >= 0.3 is 11.8 Å². The van der Waals surface area contributed by atoms with Crippen molar-refractivity contribution in [2.24, 2.45) is 0 Å². The van der Waals surface area contributed by atoms with Gasteiger partial charge in [0.15, 0.2) is 0 Å². The molecule has 0 aliphatic carbocycles. The zero-order valence-corrected chi connectivity index (χ0v) is 15.3. The van der Waals surface area contributed by atoms with E-state index in [9.17, 15) is 9.59 Å². The molecule has 3 rings (SSSR count). The lowest BCUT2D eigenvalue weighted by Gasteiger charge is -2.09. The Kier molecular flexibility index (Phi) is 5.66. The zero-order chi connectivity index (χ0) is 18.4. The molecule has 3 aromatic rings. The number of hydrogen-bond donors (Lipinski definition) is 3. The second-order valence-electron chi connectivity index (χ2n) is 5.46. The average Bonchev–Trinajstić information content (AvgIpc) is 2.66. The summed E-state index contributed by atoms with van der Waals surface area (Å²) in [6.45, 7) is 0. The Morgan fingerprint density at radius 3 is 1.85 bits per heavy atom. The molecule has 0 aliphatic heterocycles. The molecule has 2 amide bonds. The van der Waals surface area contributed by atoms with Crippen LogP contribution in [0, 0.1) is 0 Å². The fourth-order valence-corrected chi connectivity index (χ4v) is 2.64. The number of hydrogen-bond acceptors (Lipinski definition) is 3. The lowest BCUT2D eigenvalue weighted by molar-refractivity contribution is -0.133. The minimum Gasteiger partial charge on any atom is -0.356 e. The monoisotopic (exact) mass is 409 g/mol. The molecule has 0 saturated carbocycles. The van der Waals surface area contributed by atoms with Gasteiger partial charge in [0, 0.05) is 21.5 Å². The maximum Gasteiger partial charge on any atom is 0.314 e. The summed E-state index contributed by atoms with van der Waals surface area (Å²) in [5, 5.41) is 8.39. The fraction of sp³-hybridized carbons (Fsp3) is 0. The second kappa shape index (κ2) is 8.31. The summed E-state index contributed by atoms with van der Waals surface area (Å²) in [6, 6.07) is 24.0. The highest BCUT2D eigenvalue weighted by Gasteiger charge is 2.15. The Labute approximate surface area is 159 Å². The maximum absolute atomic E-state index is 12.0. The van der Waals surface area contributed by atoms with Crippen LogP contribution < -0.4 is 16.0 Å². The minimum absolute atomic E-state index is 0.537. The largest absolute Gasteiger partial charge is 0.356 e. The van der Waals surface area contributed by atoms with Crippen LogP contribution in [0.4, 0.5) is 22.7 Å². The molecule has 0 aromatic heterocycles. The predicted octanol–water partition coefficient (Wildman–Crippen LogP) is 4.77. The summed E-state index contributed by atoms with van der Waals surface area (Å²) in [7, 11) is 0. The van der Waals surface area contributed by atoms with Gasteiger partial charge in [-0.15, -0.1) is 0 Å². The third-order valence-electron chi connectivity index (χ3n) is 3.53. The number of carbonyl (C=O) groups excluding carboxylic acids is 2. The van der Waals surface area contributed by atoms with Crippen LogP contribution in [-0.2, 0) is 9.59 Å². The van der Waals surface area contributed by atoms with Crippen molar-refractivity contribution in [2.75, 3.05) is 16.0 Å². The molecule has 3 N–H and O–H groups in total. The maximum atomic E-state index is 12.0. The molecule has 130 valence electrons. The van der Waals surface area contributed by atoms with E-state index in [1.54, 1.807) is 30.3 Å². The first-order chi connectivity index (χ1) is 12.6. The Bertz CT molecular complexity index is 912. The number of carbonyl (C=O) groups is 2. The molecule has 0 bridgehead atoms. The second-order valence-corrected chi connectivity index (χ2v) is 6.31. The van der Waals surface area contributed by atoms with E-state index < -0.39 is 11.8 Å². The summed E-state index contributed by atoms with van der Waals surface area (Å²) in [6.07, 6.45) is 0. The summed E-state index contributed by atoms with van der Waals surface area (Å²) >= 11 is 3.32. The van der Waals surface area contributed by atoms with Crippen LogP contribution in [0.1, 0.15) is 0 Å². The molecule has 6 heteroatoms. The molecule has 0 radical (unpaired) electrons. The minimum atomic E-state index is -0.733. The Morgan fingerprint density at radius 2 is 1.15 bits per heavy atom. The van der Waals surface area contributed by atoms with Gasteiger partial charge < -0.3 is 16.0 Å². The average molecular weight is 410 g/mol. The SMILES string of the molecule is O=C(Nc1ccc(Nc2ccccc2)cc1)C(=O)Nc1ccccc1Br. The third kappa shape index (κ3) is 4.70. The molecule has 0 unspecified atom stereocenters. The van der Waals surface area contributed by atoms with Crippen LogP contribution in [-0.4, -0.2) is 11.8 Å². The number of rotatable bonds is 4. The highest BCUT2D eigenvalue weighted by Crippen LogP contribution is 2.21. The normalized spacial score (nSPS) is 10.0. The van der Waals surface area contributed by atoms with Crippen molar-refractivity contribution < 1.29 is 9.59 Å². The van der Waals surface area contributed by atoms with E-state index in [-0.39, 0.29) is 0 Å².